The number of nitrogens with zero attached hydrogens (tertiary/aromatic N) is 3. The van der Waals surface area contributed by atoms with Crippen LogP contribution in [0, 0.1) is 6.92 Å². The minimum atomic E-state index is -3.92. The van der Waals surface area contributed by atoms with E-state index in [9.17, 15) is 18.0 Å². The van der Waals surface area contributed by atoms with E-state index in [0.29, 0.717) is 62.6 Å². The highest BCUT2D eigenvalue weighted by atomic mass is 32.2. The van der Waals surface area contributed by atoms with Crippen LogP contribution >= 0.6 is 0 Å². The Morgan fingerprint density at radius 1 is 1.06 bits per heavy atom. The number of benzene rings is 2. The van der Waals surface area contributed by atoms with Crippen molar-refractivity contribution in [2.24, 2.45) is 0 Å². The average molecular weight is 485 g/mol. The van der Waals surface area contributed by atoms with Gasteiger partial charge in [-0.1, -0.05) is 18.2 Å². The van der Waals surface area contributed by atoms with Gasteiger partial charge in [-0.15, -0.1) is 0 Å². The fourth-order valence-corrected chi connectivity index (χ4v) is 6.80. The highest BCUT2D eigenvalue weighted by Crippen LogP contribution is 2.36. The van der Waals surface area contributed by atoms with Gasteiger partial charge in [-0.3, -0.25) is 9.59 Å². The lowest BCUT2D eigenvalue weighted by atomic mass is 10.1. The second-order valence-corrected chi connectivity index (χ2v) is 10.7. The Hall–Kier alpha value is -3.11. The molecule has 2 aromatic rings. The molecular formula is C24H28N4O5S. The largest absolute Gasteiger partial charge is 0.482 e. The first-order valence-electron chi connectivity index (χ1n) is 11.5. The zero-order valence-corrected chi connectivity index (χ0v) is 19.9. The minimum Gasteiger partial charge on any atom is -0.482 e. The molecule has 2 amide bonds. The molecule has 2 fully saturated rings. The molecular weight excluding hydrogens is 456 g/mol. The van der Waals surface area contributed by atoms with Gasteiger partial charge >= 0.3 is 0 Å². The van der Waals surface area contributed by atoms with Gasteiger partial charge in [-0.05, 0) is 43.5 Å². The summed E-state index contributed by atoms with van der Waals surface area (Å²) in [7, 11) is -3.92. The average Bonchev–Trinajstić information content (AvgIpc) is 3.35. The fraction of sp³-hybridized carbons (Fsp3) is 0.417. The van der Waals surface area contributed by atoms with Crippen LogP contribution in [-0.2, 0) is 19.6 Å². The SMILES string of the molecule is Cc1cc2c(cc1S(=O)(=O)N1CCCC1C(=O)N1CCN(c3ccccc3)CC1)OCC(=O)N2. The number of sulfonamides is 1. The lowest BCUT2D eigenvalue weighted by Gasteiger charge is -2.38. The molecule has 5 rings (SSSR count). The van der Waals surface area contributed by atoms with Crippen molar-refractivity contribution in [2.75, 3.05) is 49.5 Å². The number of nitrogens with one attached hydrogen (secondary N) is 1. The van der Waals surface area contributed by atoms with Crippen molar-refractivity contribution in [2.45, 2.75) is 30.7 Å². The van der Waals surface area contributed by atoms with Gasteiger partial charge in [0.1, 0.15) is 11.8 Å². The number of rotatable bonds is 4. The number of aryl methyl sites for hydroxylation is 1. The molecule has 10 heteroatoms. The Balaban J connectivity index is 1.33. The molecule has 3 aliphatic heterocycles. The van der Waals surface area contributed by atoms with Gasteiger partial charge in [0.25, 0.3) is 5.91 Å². The highest BCUT2D eigenvalue weighted by Gasteiger charge is 2.42. The molecule has 1 unspecified atom stereocenters. The van der Waals surface area contributed by atoms with Crippen LogP contribution in [0.4, 0.5) is 11.4 Å². The van der Waals surface area contributed by atoms with Crippen LogP contribution in [0.3, 0.4) is 0 Å². The van der Waals surface area contributed by atoms with Gasteiger partial charge < -0.3 is 19.9 Å². The molecule has 0 saturated carbocycles. The minimum absolute atomic E-state index is 0.107. The van der Waals surface area contributed by atoms with Crippen LogP contribution in [0.5, 0.6) is 5.75 Å². The first-order valence-corrected chi connectivity index (χ1v) is 13.0. The van der Waals surface area contributed by atoms with Gasteiger partial charge in [0, 0.05) is 44.5 Å². The van der Waals surface area contributed by atoms with Crippen LogP contribution in [0.1, 0.15) is 18.4 Å². The Morgan fingerprint density at radius 3 is 2.53 bits per heavy atom. The quantitative estimate of drug-likeness (QED) is 0.711. The van der Waals surface area contributed by atoms with Gasteiger partial charge in [0.05, 0.1) is 10.6 Å². The number of carbonyl (C=O) groups excluding carboxylic acids is 2. The van der Waals surface area contributed by atoms with E-state index < -0.39 is 16.1 Å². The molecule has 3 heterocycles. The van der Waals surface area contributed by atoms with Crippen molar-refractivity contribution in [3.05, 3.63) is 48.0 Å². The van der Waals surface area contributed by atoms with E-state index in [4.69, 9.17) is 4.74 Å². The Labute approximate surface area is 199 Å². The maximum Gasteiger partial charge on any atom is 0.262 e. The number of piperazine rings is 1. The number of para-hydroxylation sites is 1. The van der Waals surface area contributed by atoms with E-state index in [-0.39, 0.29) is 23.3 Å². The van der Waals surface area contributed by atoms with E-state index in [2.05, 4.69) is 22.3 Å². The number of hydrogen-bond donors (Lipinski definition) is 1. The second kappa shape index (κ2) is 8.92. The number of amides is 2. The smallest absolute Gasteiger partial charge is 0.262 e. The number of hydrogen-bond acceptors (Lipinski definition) is 6. The predicted octanol–water partition coefficient (Wildman–Crippen LogP) is 1.83. The van der Waals surface area contributed by atoms with E-state index in [0.717, 1.165) is 5.69 Å². The summed E-state index contributed by atoms with van der Waals surface area (Å²) in [6.07, 6.45) is 1.14. The van der Waals surface area contributed by atoms with E-state index >= 15 is 0 Å². The number of ether oxygens (including phenoxy) is 1. The molecule has 180 valence electrons. The molecule has 9 nitrogen and oxygen atoms in total. The standard InChI is InChI=1S/C24H28N4O5S/c1-17-14-19-21(33-16-23(29)25-19)15-22(17)34(31,32)28-9-5-8-20(28)24(30)27-12-10-26(11-13-27)18-6-3-2-4-7-18/h2-4,6-7,14-15,20H,5,8-13,16H2,1H3,(H,25,29). The molecule has 0 aromatic heterocycles. The predicted molar refractivity (Wildman–Crippen MR) is 127 cm³/mol. The first-order chi connectivity index (χ1) is 16.3. The van der Waals surface area contributed by atoms with Crippen molar-refractivity contribution in [3.8, 4) is 5.75 Å². The number of anilines is 2. The summed E-state index contributed by atoms with van der Waals surface area (Å²) in [5.41, 5.74) is 2.08. The summed E-state index contributed by atoms with van der Waals surface area (Å²) in [6, 6.07) is 12.4. The molecule has 0 radical (unpaired) electrons. The maximum atomic E-state index is 13.6. The maximum absolute atomic E-state index is 13.6. The number of carbonyl (C=O) groups is 2. The first kappa shape index (κ1) is 22.7. The van der Waals surface area contributed by atoms with E-state index in [1.54, 1.807) is 17.9 Å². The molecule has 34 heavy (non-hydrogen) atoms. The zero-order chi connectivity index (χ0) is 23.9. The summed E-state index contributed by atoms with van der Waals surface area (Å²) in [5.74, 6) is -0.0872. The molecule has 1 N–H and O–H groups in total. The van der Waals surface area contributed by atoms with Crippen molar-refractivity contribution in [1.82, 2.24) is 9.21 Å². The summed E-state index contributed by atoms with van der Waals surface area (Å²) >= 11 is 0. The third kappa shape index (κ3) is 4.12. The van der Waals surface area contributed by atoms with Crippen molar-refractivity contribution in [1.29, 1.82) is 0 Å². The van der Waals surface area contributed by atoms with Crippen LogP contribution < -0.4 is 15.0 Å². The molecule has 0 aliphatic carbocycles. The van der Waals surface area contributed by atoms with Gasteiger partial charge in [0.15, 0.2) is 6.61 Å². The third-order valence-electron chi connectivity index (χ3n) is 6.70. The van der Waals surface area contributed by atoms with Crippen molar-refractivity contribution < 1.29 is 22.7 Å². The van der Waals surface area contributed by atoms with Crippen LogP contribution in [0.2, 0.25) is 0 Å². The summed E-state index contributed by atoms with van der Waals surface area (Å²) in [5, 5.41) is 2.70. The van der Waals surface area contributed by atoms with E-state index in [1.807, 2.05) is 18.2 Å². The van der Waals surface area contributed by atoms with E-state index in [1.165, 1.54) is 10.4 Å². The van der Waals surface area contributed by atoms with Gasteiger partial charge in [0.2, 0.25) is 15.9 Å². The van der Waals surface area contributed by atoms with Crippen LogP contribution in [0.15, 0.2) is 47.4 Å². The number of fused-ring (bicyclic) bond motifs is 1. The zero-order valence-electron chi connectivity index (χ0n) is 19.1. The van der Waals surface area contributed by atoms with Crippen molar-refractivity contribution >= 4 is 33.2 Å². The second-order valence-electron chi connectivity index (χ2n) is 8.87. The van der Waals surface area contributed by atoms with Gasteiger partial charge in [-0.25, -0.2) is 8.42 Å². The molecule has 0 bridgehead atoms. The Kier molecular flexibility index (Phi) is 5.95. The molecule has 3 aliphatic rings. The molecule has 2 saturated heterocycles. The van der Waals surface area contributed by atoms with Gasteiger partial charge in [-0.2, -0.15) is 4.31 Å². The van der Waals surface area contributed by atoms with Crippen LogP contribution in [-0.4, -0.2) is 74.8 Å². The van der Waals surface area contributed by atoms with Crippen molar-refractivity contribution in [3.63, 3.8) is 0 Å². The summed E-state index contributed by atoms with van der Waals surface area (Å²) in [4.78, 5) is 29.1. The summed E-state index contributed by atoms with van der Waals surface area (Å²) in [6.45, 7) is 4.37. The topological polar surface area (TPSA) is 99.3 Å². The monoisotopic (exact) mass is 484 g/mol. The van der Waals surface area contributed by atoms with Crippen LogP contribution in [0.25, 0.3) is 0 Å². The third-order valence-corrected chi connectivity index (χ3v) is 8.75. The molecule has 0 spiro atoms. The lowest BCUT2D eigenvalue weighted by molar-refractivity contribution is -0.134. The Morgan fingerprint density at radius 2 is 1.79 bits per heavy atom. The normalized spacial score (nSPS) is 21.1. The molecule has 1 atom stereocenters. The summed E-state index contributed by atoms with van der Waals surface area (Å²) < 4.78 is 34.1. The highest BCUT2D eigenvalue weighted by molar-refractivity contribution is 7.89. The Bertz CT molecular complexity index is 1210. The fourth-order valence-electron chi connectivity index (χ4n) is 4.93. The molecule has 2 aromatic carbocycles. The lowest BCUT2D eigenvalue weighted by Crippen LogP contribution is -2.54.